The maximum atomic E-state index is 13.3. The fraction of sp³-hybridized carbons (Fsp3) is 0.733. The second-order valence-electron chi connectivity index (χ2n) is 13.2. The molecule has 0 bridgehead atoms. The molecule has 0 aliphatic heterocycles. The van der Waals surface area contributed by atoms with Crippen LogP contribution in [0.2, 0.25) is 18.1 Å². The van der Waals surface area contributed by atoms with Crippen LogP contribution in [0.1, 0.15) is 93.9 Å². The minimum Gasteiger partial charge on any atom is -0.411 e. The number of hydrogen-bond acceptors (Lipinski definition) is 3. The van der Waals surface area contributed by atoms with Crippen LogP contribution in [0.3, 0.4) is 0 Å². The van der Waals surface area contributed by atoms with Crippen LogP contribution in [0, 0.1) is 17.3 Å². The van der Waals surface area contributed by atoms with Gasteiger partial charge in [-0.15, -0.1) is 6.58 Å². The fourth-order valence-electron chi connectivity index (χ4n) is 4.98. The van der Waals surface area contributed by atoms with Crippen molar-refractivity contribution in [1.29, 1.82) is 0 Å². The Morgan fingerprint density at radius 2 is 1.68 bits per heavy atom. The normalized spacial score (nSPS) is 25.1. The Kier molecular flexibility index (Phi) is 12.0. The summed E-state index contributed by atoms with van der Waals surface area (Å²) in [4.78, 5) is 26.6. The van der Waals surface area contributed by atoms with E-state index in [4.69, 9.17) is 39.2 Å². The van der Waals surface area contributed by atoms with Gasteiger partial charge >= 0.3 is 0 Å². The van der Waals surface area contributed by atoms with Gasteiger partial charge in [-0.25, -0.2) is 0 Å². The Bertz CT molecular complexity index is 906. The Balaban J connectivity index is 3.31. The summed E-state index contributed by atoms with van der Waals surface area (Å²) in [5.74, 6) is -2.29. The van der Waals surface area contributed by atoms with Crippen LogP contribution in [-0.4, -0.2) is 29.3 Å². The SMILES string of the molecule is C=C[C@@](C)(CC/C=C(\C)CCC=C(C)C)C[C@@H]1[C@@H](C(=O)C(Cl)(Cl)Cl)C(=O)C[C@@]1(C)O[Si](C)(C)C(C)(C)C. The summed E-state index contributed by atoms with van der Waals surface area (Å²) in [5, 5.41) is -0.0590. The average molecular weight is 592 g/mol. The monoisotopic (exact) mass is 590 g/mol. The second kappa shape index (κ2) is 12.9. The van der Waals surface area contributed by atoms with Gasteiger partial charge < -0.3 is 4.43 Å². The van der Waals surface area contributed by atoms with Crippen molar-refractivity contribution in [3.05, 3.63) is 36.0 Å². The van der Waals surface area contributed by atoms with E-state index in [1.54, 1.807) is 0 Å². The van der Waals surface area contributed by atoms with Crippen molar-refractivity contribution in [3.8, 4) is 0 Å². The van der Waals surface area contributed by atoms with Crippen LogP contribution >= 0.6 is 34.8 Å². The molecule has 7 heteroatoms. The van der Waals surface area contributed by atoms with E-state index in [9.17, 15) is 9.59 Å². The molecule has 0 spiro atoms. The zero-order chi connectivity index (χ0) is 29.0. The summed E-state index contributed by atoms with van der Waals surface area (Å²) in [6.45, 7) is 25.5. The number of hydrogen-bond donors (Lipinski definition) is 0. The molecule has 3 nitrogen and oxygen atoms in total. The standard InChI is InChI=1S/C30H49Cl3O3Si/c1-12-28(8,18-14-17-22(4)16-13-15-21(2)3)19-23-25(26(35)30(31,32)33)24(34)20-29(23,9)36-37(10,11)27(5,6)7/h12,15,17,23,25H,1,13-14,16,18-20H2,2-11H3/b22-17+/t23-,25-,28+,29-/m1/s1. The lowest BCUT2D eigenvalue weighted by Crippen LogP contribution is -2.52. The third-order valence-electron chi connectivity index (χ3n) is 8.39. The number of allylic oxidation sites excluding steroid dienone is 5. The number of alkyl halides is 3. The molecule has 37 heavy (non-hydrogen) atoms. The van der Waals surface area contributed by atoms with Gasteiger partial charge in [0, 0.05) is 12.3 Å². The Morgan fingerprint density at radius 3 is 2.14 bits per heavy atom. The van der Waals surface area contributed by atoms with E-state index in [-0.39, 0.29) is 22.7 Å². The lowest BCUT2D eigenvalue weighted by atomic mass is 9.70. The van der Waals surface area contributed by atoms with Crippen molar-refractivity contribution in [2.45, 2.75) is 121 Å². The smallest absolute Gasteiger partial charge is 0.249 e. The van der Waals surface area contributed by atoms with Gasteiger partial charge in [-0.2, -0.15) is 0 Å². The van der Waals surface area contributed by atoms with Crippen LogP contribution < -0.4 is 0 Å². The molecule has 0 heterocycles. The van der Waals surface area contributed by atoms with Crippen molar-refractivity contribution < 1.29 is 14.0 Å². The lowest BCUT2D eigenvalue weighted by molar-refractivity contribution is -0.132. The van der Waals surface area contributed by atoms with E-state index in [1.807, 2.05) is 13.0 Å². The van der Waals surface area contributed by atoms with Crippen LogP contribution in [0.5, 0.6) is 0 Å². The molecule has 4 atom stereocenters. The summed E-state index contributed by atoms with van der Waals surface area (Å²) in [6.07, 6.45) is 11.0. The van der Waals surface area contributed by atoms with Crippen molar-refractivity contribution in [2.24, 2.45) is 17.3 Å². The number of ketones is 2. The molecule has 1 rings (SSSR count). The maximum Gasteiger partial charge on any atom is 0.249 e. The van der Waals surface area contributed by atoms with Crippen molar-refractivity contribution in [1.82, 2.24) is 0 Å². The topological polar surface area (TPSA) is 43.4 Å². The number of Topliss-reactive ketones (excluding diaryl/α,β-unsaturated/α-hetero) is 2. The maximum absolute atomic E-state index is 13.3. The quantitative estimate of drug-likeness (QED) is 0.0981. The summed E-state index contributed by atoms with van der Waals surface area (Å²) in [6, 6.07) is 0. The van der Waals surface area contributed by atoms with Gasteiger partial charge in [0.2, 0.25) is 3.79 Å². The largest absolute Gasteiger partial charge is 0.411 e. The Hall–Kier alpha value is -0.393. The molecule has 1 saturated carbocycles. The average Bonchev–Trinajstić information content (AvgIpc) is 2.93. The number of carbonyl (C=O) groups excluding carboxylic acids is 2. The van der Waals surface area contributed by atoms with E-state index in [0.29, 0.717) is 6.42 Å². The fourth-order valence-corrected chi connectivity index (χ4v) is 7.03. The minimum atomic E-state index is -2.27. The first-order valence-corrected chi connectivity index (χ1v) is 17.4. The van der Waals surface area contributed by atoms with Crippen molar-refractivity contribution in [2.75, 3.05) is 0 Å². The van der Waals surface area contributed by atoms with E-state index >= 15 is 0 Å². The van der Waals surface area contributed by atoms with Gasteiger partial charge in [0.25, 0.3) is 0 Å². The number of rotatable bonds is 12. The summed E-state index contributed by atoms with van der Waals surface area (Å²) >= 11 is 18.1. The molecule has 1 fully saturated rings. The zero-order valence-corrected chi connectivity index (χ0v) is 28.0. The third-order valence-corrected chi connectivity index (χ3v) is 13.5. The molecule has 0 amide bonds. The van der Waals surface area contributed by atoms with Crippen molar-refractivity contribution in [3.63, 3.8) is 0 Å². The van der Waals surface area contributed by atoms with Crippen LogP contribution in [-0.2, 0) is 14.0 Å². The first-order valence-electron chi connectivity index (χ1n) is 13.3. The Morgan fingerprint density at radius 1 is 1.11 bits per heavy atom. The number of carbonyl (C=O) groups is 2. The highest BCUT2D eigenvalue weighted by atomic mass is 35.6. The van der Waals surface area contributed by atoms with Gasteiger partial charge in [0.05, 0.1) is 11.5 Å². The molecule has 0 aromatic rings. The van der Waals surface area contributed by atoms with E-state index < -0.39 is 35.3 Å². The van der Waals surface area contributed by atoms with Crippen molar-refractivity contribution >= 4 is 54.7 Å². The van der Waals surface area contributed by atoms with Crippen LogP contribution in [0.25, 0.3) is 0 Å². The molecule has 0 saturated heterocycles. The van der Waals surface area contributed by atoms with Gasteiger partial charge in [-0.1, -0.05) is 91.9 Å². The summed E-state index contributed by atoms with van der Waals surface area (Å²) in [7, 11) is -2.27. The molecule has 1 aliphatic rings. The summed E-state index contributed by atoms with van der Waals surface area (Å²) in [5.41, 5.74) is 1.54. The first-order chi connectivity index (χ1) is 16.6. The molecule has 0 radical (unpaired) electrons. The Labute approximate surface area is 242 Å². The molecule has 0 N–H and O–H groups in total. The van der Waals surface area contributed by atoms with Crippen LogP contribution in [0.15, 0.2) is 36.0 Å². The molecule has 212 valence electrons. The first kappa shape index (κ1) is 34.6. The predicted molar refractivity (Wildman–Crippen MR) is 163 cm³/mol. The zero-order valence-electron chi connectivity index (χ0n) is 24.7. The van der Waals surface area contributed by atoms with Gasteiger partial charge in [-0.3, -0.25) is 9.59 Å². The van der Waals surface area contributed by atoms with Gasteiger partial charge in [-0.05, 0) is 83.3 Å². The molecular weight excluding hydrogens is 543 g/mol. The number of halogens is 3. The van der Waals surface area contributed by atoms with Gasteiger partial charge in [0.1, 0.15) is 5.78 Å². The highest BCUT2D eigenvalue weighted by Crippen LogP contribution is 2.53. The molecule has 0 aromatic heterocycles. The molecule has 0 unspecified atom stereocenters. The molecular formula is C30H49Cl3O3Si. The third kappa shape index (κ3) is 9.63. The highest BCUT2D eigenvalue weighted by molar-refractivity contribution is 6.77. The van der Waals surface area contributed by atoms with Gasteiger partial charge in [0.15, 0.2) is 14.1 Å². The lowest BCUT2D eigenvalue weighted by Gasteiger charge is -2.47. The van der Waals surface area contributed by atoms with E-state index in [0.717, 1.165) is 25.7 Å². The van der Waals surface area contributed by atoms with E-state index in [1.165, 1.54) is 11.1 Å². The molecule has 1 aliphatic carbocycles. The highest BCUT2D eigenvalue weighted by Gasteiger charge is 2.60. The summed E-state index contributed by atoms with van der Waals surface area (Å²) < 4.78 is 4.75. The predicted octanol–water partition coefficient (Wildman–Crippen LogP) is 9.97. The second-order valence-corrected chi connectivity index (χ2v) is 20.2. The molecule has 0 aromatic carbocycles. The minimum absolute atomic E-state index is 0.0590. The van der Waals surface area contributed by atoms with Crippen LogP contribution in [0.4, 0.5) is 0 Å². The van der Waals surface area contributed by atoms with E-state index in [2.05, 4.69) is 80.3 Å².